The average Bonchev–Trinajstić information content (AvgIpc) is 2.68. The zero-order chi connectivity index (χ0) is 18.8. The molecule has 1 aromatic carbocycles. The van der Waals surface area contributed by atoms with Crippen LogP contribution in [0.5, 0.6) is 5.75 Å². The van der Waals surface area contributed by atoms with Crippen LogP contribution < -0.4 is 10.1 Å². The average molecular weight is 359 g/mol. The molecule has 2 rings (SSSR count). The van der Waals surface area contributed by atoms with E-state index in [0.717, 1.165) is 36.7 Å². The SMILES string of the molecule is C=CCOc1ccccc1CNC(=NC)N1CCCC(C(=O)OCC)C1. The molecule has 1 heterocycles. The molecule has 1 aromatic rings. The smallest absolute Gasteiger partial charge is 0.310 e. The Balaban J connectivity index is 1.97. The van der Waals surface area contributed by atoms with Gasteiger partial charge in [-0.1, -0.05) is 30.9 Å². The number of benzene rings is 1. The lowest BCUT2D eigenvalue weighted by Gasteiger charge is -2.34. The molecule has 6 nitrogen and oxygen atoms in total. The van der Waals surface area contributed by atoms with E-state index in [4.69, 9.17) is 9.47 Å². The predicted molar refractivity (Wildman–Crippen MR) is 103 cm³/mol. The van der Waals surface area contributed by atoms with Crippen molar-refractivity contribution < 1.29 is 14.3 Å². The molecular formula is C20H29N3O3. The number of esters is 1. The Morgan fingerprint density at radius 1 is 1.46 bits per heavy atom. The summed E-state index contributed by atoms with van der Waals surface area (Å²) in [6, 6.07) is 7.90. The highest BCUT2D eigenvalue weighted by Gasteiger charge is 2.28. The van der Waals surface area contributed by atoms with Gasteiger partial charge in [0.2, 0.25) is 0 Å². The molecule has 1 aliphatic rings. The Hall–Kier alpha value is -2.50. The van der Waals surface area contributed by atoms with Gasteiger partial charge in [-0.05, 0) is 25.8 Å². The topological polar surface area (TPSA) is 63.2 Å². The molecular weight excluding hydrogens is 330 g/mol. The Labute approximate surface area is 155 Å². The first kappa shape index (κ1) is 19.8. The summed E-state index contributed by atoms with van der Waals surface area (Å²) in [6.45, 7) is 8.52. The van der Waals surface area contributed by atoms with Gasteiger partial charge in [0.1, 0.15) is 12.4 Å². The minimum Gasteiger partial charge on any atom is -0.489 e. The summed E-state index contributed by atoms with van der Waals surface area (Å²) in [6.07, 6.45) is 3.54. The van der Waals surface area contributed by atoms with Crippen molar-refractivity contribution in [2.75, 3.05) is 33.4 Å². The third kappa shape index (κ3) is 5.51. The number of nitrogens with one attached hydrogen (secondary N) is 1. The van der Waals surface area contributed by atoms with Crippen LogP contribution in [0.3, 0.4) is 0 Å². The third-order valence-electron chi connectivity index (χ3n) is 4.32. The van der Waals surface area contributed by atoms with Crippen LogP contribution >= 0.6 is 0 Å². The van der Waals surface area contributed by atoms with Gasteiger partial charge in [0.15, 0.2) is 5.96 Å². The second kappa shape index (κ2) is 10.5. The summed E-state index contributed by atoms with van der Waals surface area (Å²) < 4.78 is 10.9. The number of aliphatic imine (C=N–C) groups is 1. The standard InChI is InChI=1S/C20H29N3O3/c1-4-13-26-18-11-7-6-9-16(18)14-22-20(21-3)23-12-8-10-17(15-23)19(24)25-5-2/h4,6-7,9,11,17H,1,5,8,10,12-15H2,2-3H3,(H,21,22). The van der Waals surface area contributed by atoms with Crippen molar-refractivity contribution in [2.24, 2.45) is 10.9 Å². The van der Waals surface area contributed by atoms with Crippen molar-refractivity contribution >= 4 is 11.9 Å². The Bertz CT molecular complexity index is 630. The maximum Gasteiger partial charge on any atom is 0.310 e. The third-order valence-corrected chi connectivity index (χ3v) is 4.32. The van der Waals surface area contributed by atoms with Crippen LogP contribution in [0.4, 0.5) is 0 Å². The summed E-state index contributed by atoms with van der Waals surface area (Å²) in [5.74, 6) is 1.41. The number of nitrogens with zero attached hydrogens (tertiary/aromatic N) is 2. The van der Waals surface area contributed by atoms with Crippen LogP contribution in [0.25, 0.3) is 0 Å². The number of carbonyl (C=O) groups excluding carboxylic acids is 1. The number of ether oxygens (including phenoxy) is 2. The second-order valence-electron chi connectivity index (χ2n) is 6.15. The van der Waals surface area contributed by atoms with Crippen molar-refractivity contribution in [3.05, 3.63) is 42.5 Å². The molecule has 0 aromatic heterocycles. The molecule has 0 spiro atoms. The van der Waals surface area contributed by atoms with Crippen molar-refractivity contribution in [1.82, 2.24) is 10.2 Å². The molecule has 0 saturated carbocycles. The quantitative estimate of drug-likeness (QED) is 0.351. The number of rotatable bonds is 7. The molecule has 6 heteroatoms. The van der Waals surface area contributed by atoms with Crippen LogP contribution in [-0.4, -0.2) is 50.2 Å². The van der Waals surface area contributed by atoms with Gasteiger partial charge in [0, 0.05) is 32.2 Å². The summed E-state index contributed by atoms with van der Waals surface area (Å²) in [5.41, 5.74) is 1.05. The summed E-state index contributed by atoms with van der Waals surface area (Å²) >= 11 is 0. The molecule has 0 radical (unpaired) electrons. The van der Waals surface area contributed by atoms with Crippen LogP contribution in [-0.2, 0) is 16.1 Å². The van der Waals surface area contributed by atoms with Crippen molar-refractivity contribution in [3.8, 4) is 5.75 Å². The molecule has 1 fully saturated rings. The fourth-order valence-corrected chi connectivity index (χ4v) is 3.07. The molecule has 0 aliphatic carbocycles. The Kier molecular flexibility index (Phi) is 7.99. The predicted octanol–water partition coefficient (Wildman–Crippen LogP) is 2.60. The lowest BCUT2D eigenvalue weighted by atomic mass is 9.98. The molecule has 0 amide bonds. The molecule has 1 atom stereocenters. The fraction of sp³-hybridized carbons (Fsp3) is 0.500. The van der Waals surface area contributed by atoms with Crippen molar-refractivity contribution in [3.63, 3.8) is 0 Å². The molecule has 142 valence electrons. The highest BCUT2D eigenvalue weighted by Crippen LogP contribution is 2.20. The number of para-hydroxylation sites is 1. The van der Waals surface area contributed by atoms with Crippen LogP contribution in [0.2, 0.25) is 0 Å². The van der Waals surface area contributed by atoms with E-state index in [1.165, 1.54) is 0 Å². The van der Waals surface area contributed by atoms with Gasteiger partial charge < -0.3 is 19.7 Å². The van der Waals surface area contributed by atoms with E-state index >= 15 is 0 Å². The summed E-state index contributed by atoms with van der Waals surface area (Å²) in [4.78, 5) is 18.5. The lowest BCUT2D eigenvalue weighted by molar-refractivity contribution is -0.149. The largest absolute Gasteiger partial charge is 0.489 e. The van der Waals surface area contributed by atoms with E-state index in [-0.39, 0.29) is 11.9 Å². The maximum atomic E-state index is 12.0. The van der Waals surface area contributed by atoms with Gasteiger partial charge >= 0.3 is 5.97 Å². The molecule has 1 aliphatic heterocycles. The molecule has 1 unspecified atom stereocenters. The van der Waals surface area contributed by atoms with Crippen LogP contribution in [0, 0.1) is 5.92 Å². The minimum absolute atomic E-state index is 0.0922. The Morgan fingerprint density at radius 2 is 2.27 bits per heavy atom. The maximum absolute atomic E-state index is 12.0. The van der Waals surface area contributed by atoms with Gasteiger partial charge in [-0.2, -0.15) is 0 Å². The summed E-state index contributed by atoms with van der Waals surface area (Å²) in [7, 11) is 1.76. The van der Waals surface area contributed by atoms with Crippen molar-refractivity contribution in [1.29, 1.82) is 0 Å². The number of carbonyl (C=O) groups is 1. The normalized spacial score (nSPS) is 17.5. The van der Waals surface area contributed by atoms with E-state index in [2.05, 4.69) is 21.8 Å². The number of piperidine rings is 1. The summed E-state index contributed by atoms with van der Waals surface area (Å²) in [5, 5.41) is 3.38. The van der Waals surface area contributed by atoms with Crippen LogP contribution in [0.1, 0.15) is 25.3 Å². The lowest BCUT2D eigenvalue weighted by Crippen LogP contribution is -2.48. The van der Waals surface area contributed by atoms with E-state index in [1.54, 1.807) is 13.1 Å². The monoisotopic (exact) mass is 359 g/mol. The number of hydrogen-bond acceptors (Lipinski definition) is 4. The second-order valence-corrected chi connectivity index (χ2v) is 6.15. The highest BCUT2D eigenvalue weighted by atomic mass is 16.5. The Morgan fingerprint density at radius 3 is 3.00 bits per heavy atom. The van der Waals surface area contributed by atoms with Gasteiger partial charge in [0.25, 0.3) is 0 Å². The van der Waals surface area contributed by atoms with E-state index in [0.29, 0.717) is 26.3 Å². The number of guanidine groups is 1. The first-order chi connectivity index (χ1) is 12.7. The van der Waals surface area contributed by atoms with Gasteiger partial charge in [-0.25, -0.2) is 0 Å². The van der Waals surface area contributed by atoms with E-state index in [9.17, 15) is 4.79 Å². The van der Waals surface area contributed by atoms with Crippen molar-refractivity contribution in [2.45, 2.75) is 26.3 Å². The molecule has 1 saturated heterocycles. The highest BCUT2D eigenvalue weighted by molar-refractivity contribution is 5.81. The van der Waals surface area contributed by atoms with Crippen LogP contribution in [0.15, 0.2) is 41.9 Å². The minimum atomic E-state index is -0.115. The molecule has 1 N–H and O–H groups in total. The first-order valence-corrected chi connectivity index (χ1v) is 9.13. The van der Waals surface area contributed by atoms with E-state index in [1.807, 2.05) is 31.2 Å². The first-order valence-electron chi connectivity index (χ1n) is 9.13. The van der Waals surface area contributed by atoms with Gasteiger partial charge in [0.05, 0.1) is 12.5 Å². The number of likely N-dealkylation sites (tertiary alicyclic amines) is 1. The number of hydrogen-bond donors (Lipinski definition) is 1. The molecule has 26 heavy (non-hydrogen) atoms. The van der Waals surface area contributed by atoms with Gasteiger partial charge in [-0.15, -0.1) is 0 Å². The zero-order valence-electron chi connectivity index (χ0n) is 15.7. The van der Waals surface area contributed by atoms with E-state index < -0.39 is 0 Å². The molecule has 0 bridgehead atoms. The van der Waals surface area contributed by atoms with Gasteiger partial charge in [-0.3, -0.25) is 9.79 Å². The zero-order valence-corrected chi connectivity index (χ0v) is 15.7. The fourth-order valence-electron chi connectivity index (χ4n) is 3.07.